The molecular weight excluding hydrogens is 344 g/mol. The molecule has 0 radical (unpaired) electrons. The predicted molar refractivity (Wildman–Crippen MR) is 99.2 cm³/mol. The molecule has 140 valence electrons. The van der Waals surface area contributed by atoms with E-state index in [0.717, 1.165) is 16.8 Å². The lowest BCUT2D eigenvalue weighted by atomic mass is 9.87. The first-order valence-corrected chi connectivity index (χ1v) is 9.02. The molecule has 7 heteroatoms. The maximum Gasteiger partial charge on any atom is 0.276 e. The third-order valence-electron chi connectivity index (χ3n) is 5.33. The van der Waals surface area contributed by atoms with Crippen LogP contribution in [0.1, 0.15) is 34.1 Å². The topological polar surface area (TPSA) is 84.4 Å². The Morgan fingerprint density at radius 2 is 2.07 bits per heavy atom. The molecule has 2 aromatic heterocycles. The molecule has 2 atom stereocenters. The van der Waals surface area contributed by atoms with Gasteiger partial charge in [-0.25, -0.2) is 0 Å². The lowest BCUT2D eigenvalue weighted by Crippen LogP contribution is -2.45. The third kappa shape index (κ3) is 3.26. The van der Waals surface area contributed by atoms with Crippen molar-refractivity contribution in [1.82, 2.24) is 19.8 Å². The second-order valence-electron chi connectivity index (χ2n) is 6.97. The van der Waals surface area contributed by atoms with Crippen LogP contribution in [0, 0.1) is 6.92 Å². The van der Waals surface area contributed by atoms with Crippen LogP contribution < -0.4 is 0 Å². The molecule has 0 aliphatic carbocycles. The van der Waals surface area contributed by atoms with Crippen LogP contribution in [0.15, 0.2) is 47.1 Å². The van der Waals surface area contributed by atoms with E-state index in [1.807, 2.05) is 44.3 Å². The van der Waals surface area contributed by atoms with E-state index in [0.29, 0.717) is 18.7 Å². The summed E-state index contributed by atoms with van der Waals surface area (Å²) in [5.41, 5.74) is 3.10. The first-order valence-electron chi connectivity index (χ1n) is 9.02. The minimum atomic E-state index is -0.600. The predicted octanol–water partition coefficient (Wildman–Crippen LogP) is 2.37. The normalized spacial score (nSPS) is 20.0. The van der Waals surface area contributed by atoms with Crippen molar-refractivity contribution in [2.24, 2.45) is 7.05 Å². The Labute approximate surface area is 157 Å². The summed E-state index contributed by atoms with van der Waals surface area (Å²) in [6.07, 6.45) is 1.81. The monoisotopic (exact) mass is 366 g/mol. The van der Waals surface area contributed by atoms with Crippen LogP contribution in [0.4, 0.5) is 0 Å². The first kappa shape index (κ1) is 17.5. The zero-order valence-electron chi connectivity index (χ0n) is 15.4. The number of aromatic nitrogens is 3. The van der Waals surface area contributed by atoms with Crippen LogP contribution in [-0.4, -0.2) is 50.0 Å². The molecule has 1 amide bonds. The van der Waals surface area contributed by atoms with Crippen molar-refractivity contribution in [2.45, 2.75) is 25.4 Å². The summed E-state index contributed by atoms with van der Waals surface area (Å²) in [5, 5.41) is 18.7. The molecule has 7 nitrogen and oxygen atoms in total. The van der Waals surface area contributed by atoms with E-state index in [4.69, 9.17) is 4.52 Å². The molecule has 0 spiro atoms. The van der Waals surface area contributed by atoms with E-state index >= 15 is 0 Å². The average Bonchev–Trinajstić information content (AvgIpc) is 3.29. The SMILES string of the molecule is Cc1c(-c2cc(C(=O)N3CC[C@H](c4ccccc4)[C@H](O)C3)no2)cnn1C. The fourth-order valence-electron chi connectivity index (χ4n) is 3.61. The van der Waals surface area contributed by atoms with Crippen molar-refractivity contribution >= 4 is 5.91 Å². The number of benzene rings is 1. The minimum Gasteiger partial charge on any atom is -0.391 e. The third-order valence-corrected chi connectivity index (χ3v) is 5.33. The molecule has 3 aromatic rings. The standard InChI is InChI=1S/C20H22N4O3/c1-13-16(11-21-23(13)2)19-10-17(22-27-19)20(26)24-9-8-15(18(25)12-24)14-6-4-3-5-7-14/h3-7,10-11,15,18,25H,8-9,12H2,1-2H3/t15-,18-/m1/s1. The van der Waals surface area contributed by atoms with Gasteiger partial charge in [0, 0.05) is 37.8 Å². The zero-order valence-corrected chi connectivity index (χ0v) is 15.4. The molecule has 27 heavy (non-hydrogen) atoms. The van der Waals surface area contributed by atoms with Crippen molar-refractivity contribution in [1.29, 1.82) is 0 Å². The van der Waals surface area contributed by atoms with E-state index < -0.39 is 6.10 Å². The highest BCUT2D eigenvalue weighted by molar-refractivity contribution is 5.93. The molecule has 1 fully saturated rings. The van der Waals surface area contributed by atoms with Gasteiger partial charge in [0.15, 0.2) is 11.5 Å². The smallest absolute Gasteiger partial charge is 0.276 e. The van der Waals surface area contributed by atoms with E-state index in [9.17, 15) is 9.90 Å². The molecule has 1 N–H and O–H groups in total. The summed E-state index contributed by atoms with van der Waals surface area (Å²) in [7, 11) is 1.85. The largest absolute Gasteiger partial charge is 0.391 e. The lowest BCUT2D eigenvalue weighted by molar-refractivity contribution is 0.0375. The molecule has 0 bridgehead atoms. The van der Waals surface area contributed by atoms with Crippen molar-refractivity contribution in [3.8, 4) is 11.3 Å². The van der Waals surface area contributed by atoms with E-state index in [2.05, 4.69) is 10.3 Å². The van der Waals surface area contributed by atoms with Gasteiger partial charge in [0.25, 0.3) is 5.91 Å². The van der Waals surface area contributed by atoms with Crippen LogP contribution in [0.5, 0.6) is 0 Å². The summed E-state index contributed by atoms with van der Waals surface area (Å²) in [4.78, 5) is 14.4. The Hall–Kier alpha value is -2.93. The van der Waals surface area contributed by atoms with Gasteiger partial charge in [-0.3, -0.25) is 9.48 Å². The van der Waals surface area contributed by atoms with Crippen LogP contribution in [0.3, 0.4) is 0 Å². The second kappa shape index (κ2) is 7.00. The number of amides is 1. The molecule has 0 saturated carbocycles. The molecule has 1 saturated heterocycles. The lowest BCUT2D eigenvalue weighted by Gasteiger charge is -2.35. The summed E-state index contributed by atoms with van der Waals surface area (Å²) >= 11 is 0. The molecule has 1 aliphatic heterocycles. The number of carbonyl (C=O) groups is 1. The van der Waals surface area contributed by atoms with Gasteiger partial charge in [-0.1, -0.05) is 35.5 Å². The van der Waals surface area contributed by atoms with Gasteiger partial charge in [-0.05, 0) is 18.9 Å². The van der Waals surface area contributed by atoms with Crippen molar-refractivity contribution in [2.75, 3.05) is 13.1 Å². The molecule has 0 unspecified atom stereocenters. The van der Waals surface area contributed by atoms with E-state index in [-0.39, 0.29) is 24.1 Å². The highest BCUT2D eigenvalue weighted by Crippen LogP contribution is 2.29. The summed E-state index contributed by atoms with van der Waals surface area (Å²) in [6, 6.07) is 11.6. The van der Waals surface area contributed by atoms with Crippen LogP contribution >= 0.6 is 0 Å². The van der Waals surface area contributed by atoms with E-state index in [1.165, 1.54) is 0 Å². The Kier molecular flexibility index (Phi) is 4.53. The van der Waals surface area contributed by atoms with Crippen molar-refractivity contribution in [3.05, 3.63) is 59.5 Å². The minimum absolute atomic E-state index is 0.0427. The molecule has 1 aromatic carbocycles. The average molecular weight is 366 g/mol. The first-order chi connectivity index (χ1) is 13.0. The fraction of sp³-hybridized carbons (Fsp3) is 0.350. The highest BCUT2D eigenvalue weighted by Gasteiger charge is 2.32. The van der Waals surface area contributed by atoms with Gasteiger partial charge >= 0.3 is 0 Å². The molecular formula is C20H22N4O3. The maximum atomic E-state index is 12.8. The Bertz CT molecular complexity index is 947. The van der Waals surface area contributed by atoms with Gasteiger partial charge < -0.3 is 14.5 Å². The number of piperidine rings is 1. The molecule has 1 aliphatic rings. The fourth-order valence-corrected chi connectivity index (χ4v) is 3.61. The number of carbonyl (C=O) groups excluding carboxylic acids is 1. The van der Waals surface area contributed by atoms with Crippen molar-refractivity contribution < 1.29 is 14.4 Å². The van der Waals surface area contributed by atoms with Gasteiger partial charge in [0.1, 0.15) is 0 Å². The number of aliphatic hydroxyl groups is 1. The van der Waals surface area contributed by atoms with Gasteiger partial charge in [0.2, 0.25) is 0 Å². The Morgan fingerprint density at radius 1 is 1.30 bits per heavy atom. The number of aliphatic hydroxyl groups excluding tert-OH is 1. The molecule has 4 rings (SSSR count). The number of rotatable bonds is 3. The maximum absolute atomic E-state index is 12.8. The number of likely N-dealkylation sites (tertiary alicyclic amines) is 1. The summed E-state index contributed by atoms with van der Waals surface area (Å²) < 4.78 is 7.10. The highest BCUT2D eigenvalue weighted by atomic mass is 16.5. The molecule has 3 heterocycles. The van der Waals surface area contributed by atoms with Crippen molar-refractivity contribution in [3.63, 3.8) is 0 Å². The number of hydrogen-bond donors (Lipinski definition) is 1. The quantitative estimate of drug-likeness (QED) is 0.769. The number of nitrogens with zero attached hydrogens (tertiary/aromatic N) is 4. The van der Waals surface area contributed by atoms with Gasteiger partial charge in [-0.15, -0.1) is 0 Å². The number of aryl methyl sites for hydroxylation is 1. The van der Waals surface area contributed by atoms with Gasteiger partial charge in [-0.2, -0.15) is 5.10 Å². The van der Waals surface area contributed by atoms with Gasteiger partial charge in [0.05, 0.1) is 17.9 Å². The van der Waals surface area contributed by atoms with Crippen LogP contribution in [0.25, 0.3) is 11.3 Å². The summed E-state index contributed by atoms with van der Waals surface area (Å²) in [5.74, 6) is 0.335. The van der Waals surface area contributed by atoms with E-state index in [1.54, 1.807) is 21.8 Å². The second-order valence-corrected chi connectivity index (χ2v) is 6.97. The zero-order chi connectivity index (χ0) is 19.0. The number of hydrogen-bond acceptors (Lipinski definition) is 5. The van der Waals surface area contributed by atoms with Crippen LogP contribution in [-0.2, 0) is 7.05 Å². The Morgan fingerprint density at radius 3 is 2.74 bits per heavy atom. The van der Waals surface area contributed by atoms with Crippen LogP contribution in [0.2, 0.25) is 0 Å². The number of β-amino-alcohol motifs (C(OH)–C–C–N with tert-alkyl or cyclic N) is 1. The Balaban J connectivity index is 1.47. The summed E-state index contributed by atoms with van der Waals surface area (Å²) in [6.45, 7) is 2.78.